The summed E-state index contributed by atoms with van der Waals surface area (Å²) < 4.78 is 31.5. The van der Waals surface area contributed by atoms with Crippen LogP contribution in [-0.4, -0.2) is 17.0 Å². The first-order valence-corrected chi connectivity index (χ1v) is 7.04. The van der Waals surface area contributed by atoms with Gasteiger partial charge in [0.15, 0.2) is 5.82 Å². The second-order valence-electron chi connectivity index (χ2n) is 4.27. The van der Waals surface area contributed by atoms with Crippen LogP contribution >= 0.6 is 11.3 Å². The molecule has 0 bridgehead atoms. The highest BCUT2D eigenvalue weighted by Gasteiger charge is 2.09. The summed E-state index contributed by atoms with van der Waals surface area (Å²) in [6, 6.07) is 4.95. The Morgan fingerprint density at radius 2 is 1.95 bits per heavy atom. The van der Waals surface area contributed by atoms with Gasteiger partial charge in [-0.1, -0.05) is 0 Å². The van der Waals surface area contributed by atoms with E-state index in [0.717, 1.165) is 28.4 Å². The number of aromatic nitrogens is 2. The van der Waals surface area contributed by atoms with Crippen molar-refractivity contribution in [3.05, 3.63) is 47.1 Å². The number of ether oxygens (including phenoxy) is 1. The van der Waals surface area contributed by atoms with E-state index in [0.29, 0.717) is 11.6 Å². The normalized spacial score (nSPS) is 10.8. The lowest BCUT2D eigenvalue weighted by Gasteiger charge is -2.08. The van der Waals surface area contributed by atoms with Crippen LogP contribution in [-0.2, 0) is 6.61 Å². The van der Waals surface area contributed by atoms with Gasteiger partial charge in [-0.05, 0) is 11.4 Å². The fourth-order valence-corrected chi connectivity index (χ4v) is 2.70. The van der Waals surface area contributed by atoms with E-state index < -0.39 is 11.6 Å². The number of hydrogen-bond acceptors (Lipinski definition) is 5. The molecule has 21 heavy (non-hydrogen) atoms. The van der Waals surface area contributed by atoms with Gasteiger partial charge in [0, 0.05) is 25.2 Å². The molecule has 0 aliphatic heterocycles. The number of nitrogens with zero attached hydrogens (tertiary/aromatic N) is 2. The van der Waals surface area contributed by atoms with Crippen LogP contribution < -0.4 is 10.1 Å². The maximum Gasteiger partial charge on any atom is 0.169 e. The van der Waals surface area contributed by atoms with Crippen LogP contribution in [0, 0.1) is 11.6 Å². The number of benzene rings is 1. The van der Waals surface area contributed by atoms with Crippen molar-refractivity contribution < 1.29 is 13.5 Å². The van der Waals surface area contributed by atoms with E-state index >= 15 is 0 Å². The third kappa shape index (κ3) is 2.92. The van der Waals surface area contributed by atoms with Crippen LogP contribution in [0.15, 0.2) is 29.6 Å². The third-order valence-corrected chi connectivity index (χ3v) is 3.62. The van der Waals surface area contributed by atoms with Crippen LogP contribution in [0.2, 0.25) is 0 Å². The second-order valence-corrected chi connectivity index (χ2v) is 5.17. The van der Waals surface area contributed by atoms with Crippen LogP contribution in [0.4, 0.5) is 14.6 Å². The Balaban J connectivity index is 1.84. The Kier molecular flexibility index (Phi) is 3.66. The first-order valence-electron chi connectivity index (χ1n) is 6.16. The van der Waals surface area contributed by atoms with Gasteiger partial charge in [-0.15, -0.1) is 11.3 Å². The Labute approximate surface area is 123 Å². The molecule has 4 nitrogen and oxygen atoms in total. The summed E-state index contributed by atoms with van der Waals surface area (Å²) in [7, 11) is 1.77. The molecular weight excluding hydrogens is 296 g/mol. The van der Waals surface area contributed by atoms with E-state index in [1.165, 1.54) is 11.3 Å². The molecule has 0 atom stereocenters. The summed E-state index contributed by atoms with van der Waals surface area (Å²) in [6.45, 7) is 0.0331. The SMILES string of the molecule is CNc1nc(COc2cc(F)cc(F)c2)nc2sccc12. The van der Waals surface area contributed by atoms with Gasteiger partial charge in [0.2, 0.25) is 0 Å². The van der Waals surface area contributed by atoms with Gasteiger partial charge in [0.25, 0.3) is 0 Å². The van der Waals surface area contributed by atoms with Crippen LogP contribution in [0.3, 0.4) is 0 Å². The standard InChI is InChI=1S/C14H11F2N3OS/c1-17-13-11-2-3-21-14(11)19-12(18-13)7-20-10-5-8(15)4-9(16)6-10/h2-6H,7H2,1H3,(H,17,18,19). The molecule has 0 saturated heterocycles. The van der Waals surface area contributed by atoms with Crippen LogP contribution in [0.25, 0.3) is 10.2 Å². The molecule has 2 aromatic heterocycles. The summed E-state index contributed by atoms with van der Waals surface area (Å²) >= 11 is 1.49. The molecule has 0 aliphatic carbocycles. The lowest BCUT2D eigenvalue weighted by molar-refractivity contribution is 0.293. The summed E-state index contributed by atoms with van der Waals surface area (Å²) in [5.74, 6) is -0.122. The summed E-state index contributed by atoms with van der Waals surface area (Å²) in [5.41, 5.74) is 0. The number of rotatable bonds is 4. The van der Waals surface area contributed by atoms with Crippen molar-refractivity contribution in [1.82, 2.24) is 9.97 Å². The number of nitrogens with one attached hydrogen (secondary N) is 1. The first kappa shape index (κ1) is 13.7. The van der Waals surface area contributed by atoms with Gasteiger partial charge in [-0.3, -0.25) is 0 Å². The van der Waals surface area contributed by atoms with Crippen LogP contribution in [0.5, 0.6) is 5.75 Å². The molecular formula is C14H11F2N3OS. The minimum atomic E-state index is -0.685. The molecule has 3 aromatic rings. The average Bonchev–Trinajstić information content (AvgIpc) is 2.91. The fraction of sp³-hybridized carbons (Fsp3) is 0.143. The van der Waals surface area contributed by atoms with E-state index in [4.69, 9.17) is 4.74 Å². The smallest absolute Gasteiger partial charge is 0.169 e. The zero-order valence-electron chi connectivity index (χ0n) is 11.1. The van der Waals surface area contributed by atoms with Gasteiger partial charge in [-0.25, -0.2) is 18.7 Å². The molecule has 0 unspecified atom stereocenters. The number of fused-ring (bicyclic) bond motifs is 1. The van der Waals surface area contributed by atoms with E-state index in [2.05, 4.69) is 15.3 Å². The summed E-state index contributed by atoms with van der Waals surface area (Å²) in [4.78, 5) is 9.51. The zero-order valence-corrected chi connectivity index (χ0v) is 11.9. The van der Waals surface area contributed by atoms with E-state index in [1.807, 2.05) is 11.4 Å². The van der Waals surface area contributed by atoms with E-state index in [1.54, 1.807) is 7.05 Å². The van der Waals surface area contributed by atoms with Crippen LogP contribution in [0.1, 0.15) is 5.82 Å². The van der Waals surface area contributed by atoms with Gasteiger partial charge in [0.1, 0.15) is 34.6 Å². The molecule has 7 heteroatoms. The Morgan fingerprint density at radius 1 is 1.19 bits per heavy atom. The zero-order chi connectivity index (χ0) is 14.8. The van der Waals surface area contributed by atoms with Gasteiger partial charge >= 0.3 is 0 Å². The van der Waals surface area contributed by atoms with Crippen molar-refractivity contribution in [3.63, 3.8) is 0 Å². The molecule has 0 fully saturated rings. The van der Waals surface area contributed by atoms with Crippen molar-refractivity contribution in [2.45, 2.75) is 6.61 Å². The number of thiophene rings is 1. The minimum absolute atomic E-state index is 0.0331. The average molecular weight is 307 g/mol. The topological polar surface area (TPSA) is 47.0 Å². The molecule has 0 spiro atoms. The molecule has 0 radical (unpaired) electrons. The molecule has 0 amide bonds. The van der Waals surface area contributed by atoms with Crippen molar-refractivity contribution in [2.75, 3.05) is 12.4 Å². The maximum atomic E-state index is 13.1. The van der Waals surface area contributed by atoms with Gasteiger partial charge in [-0.2, -0.15) is 0 Å². The quantitative estimate of drug-likeness (QED) is 0.800. The molecule has 0 aliphatic rings. The lowest BCUT2D eigenvalue weighted by atomic mass is 10.3. The molecule has 1 aromatic carbocycles. The first-order chi connectivity index (χ1) is 10.2. The largest absolute Gasteiger partial charge is 0.485 e. The fourth-order valence-electron chi connectivity index (χ4n) is 1.91. The highest BCUT2D eigenvalue weighted by molar-refractivity contribution is 7.16. The summed E-state index contributed by atoms with van der Waals surface area (Å²) in [6.07, 6.45) is 0. The lowest BCUT2D eigenvalue weighted by Crippen LogP contribution is -2.04. The van der Waals surface area contributed by atoms with Gasteiger partial charge in [0.05, 0.1) is 5.39 Å². The predicted octanol–water partition coefficient (Wildman–Crippen LogP) is 3.59. The van der Waals surface area contributed by atoms with E-state index in [-0.39, 0.29) is 12.4 Å². The molecule has 2 heterocycles. The minimum Gasteiger partial charge on any atom is -0.485 e. The second kappa shape index (κ2) is 5.61. The number of hydrogen-bond donors (Lipinski definition) is 1. The van der Waals surface area contributed by atoms with Crippen molar-refractivity contribution in [2.24, 2.45) is 0 Å². The molecule has 0 saturated carbocycles. The summed E-state index contributed by atoms with van der Waals surface area (Å²) in [5, 5.41) is 5.85. The maximum absolute atomic E-state index is 13.1. The Morgan fingerprint density at radius 3 is 2.67 bits per heavy atom. The number of halogens is 2. The molecule has 3 rings (SSSR count). The third-order valence-electron chi connectivity index (χ3n) is 2.81. The van der Waals surface area contributed by atoms with E-state index in [9.17, 15) is 8.78 Å². The highest BCUT2D eigenvalue weighted by atomic mass is 32.1. The predicted molar refractivity (Wildman–Crippen MR) is 77.7 cm³/mol. The van der Waals surface area contributed by atoms with Crippen molar-refractivity contribution in [1.29, 1.82) is 0 Å². The van der Waals surface area contributed by atoms with Crippen molar-refractivity contribution in [3.8, 4) is 5.75 Å². The molecule has 108 valence electrons. The highest BCUT2D eigenvalue weighted by Crippen LogP contribution is 2.25. The monoisotopic (exact) mass is 307 g/mol. The number of anilines is 1. The molecule has 1 N–H and O–H groups in total. The Hall–Kier alpha value is -2.28. The van der Waals surface area contributed by atoms with Crippen molar-refractivity contribution >= 4 is 27.4 Å². The van der Waals surface area contributed by atoms with Gasteiger partial charge < -0.3 is 10.1 Å². The Bertz CT molecular complexity index is 771.